The molecule has 0 radical (unpaired) electrons. The number of nitrogens with zero attached hydrogens (tertiary/aromatic N) is 1. The summed E-state index contributed by atoms with van der Waals surface area (Å²) in [5.41, 5.74) is 1.40. The van der Waals surface area contributed by atoms with E-state index in [9.17, 15) is 13.6 Å². The van der Waals surface area contributed by atoms with Gasteiger partial charge in [0.25, 0.3) is 5.56 Å². The van der Waals surface area contributed by atoms with Crippen LogP contribution in [0.25, 0.3) is 22.4 Å². The van der Waals surface area contributed by atoms with E-state index in [1.165, 1.54) is 17.4 Å². The highest BCUT2D eigenvalue weighted by atomic mass is 32.1. The van der Waals surface area contributed by atoms with Crippen molar-refractivity contribution in [3.8, 4) is 11.5 Å². The zero-order chi connectivity index (χ0) is 18.7. The number of benzene rings is 1. The minimum atomic E-state index is -2.93. The van der Waals surface area contributed by atoms with Gasteiger partial charge in [-0.25, -0.2) is 4.98 Å². The Kier molecular flexibility index (Phi) is 5.32. The highest BCUT2D eigenvalue weighted by molar-refractivity contribution is 7.16. The lowest BCUT2D eigenvalue weighted by molar-refractivity contribution is -0.0514. The molecule has 0 aliphatic carbocycles. The molecule has 0 atom stereocenters. The minimum Gasteiger partial charge on any atom is -0.490 e. The molecule has 3 aromatic rings. The molecule has 136 valence electrons. The molecule has 8 heteroatoms. The van der Waals surface area contributed by atoms with E-state index in [1.807, 2.05) is 12.3 Å². The second-order valence-corrected chi connectivity index (χ2v) is 6.26. The third-order valence-corrected chi connectivity index (χ3v) is 4.55. The zero-order valence-electron chi connectivity index (χ0n) is 14.1. The van der Waals surface area contributed by atoms with Crippen LogP contribution in [0, 0.1) is 6.92 Å². The van der Waals surface area contributed by atoms with Crippen LogP contribution >= 0.6 is 11.3 Å². The summed E-state index contributed by atoms with van der Waals surface area (Å²) in [5, 5.41) is 2.48. The van der Waals surface area contributed by atoms with E-state index in [-0.39, 0.29) is 17.1 Å². The molecule has 0 bridgehead atoms. The first-order valence-electron chi connectivity index (χ1n) is 7.85. The van der Waals surface area contributed by atoms with Gasteiger partial charge in [0, 0.05) is 0 Å². The van der Waals surface area contributed by atoms with Crippen LogP contribution in [-0.2, 0) is 0 Å². The van der Waals surface area contributed by atoms with Gasteiger partial charge in [0.05, 0.1) is 12.0 Å². The summed E-state index contributed by atoms with van der Waals surface area (Å²) in [6.07, 6.45) is 3.36. The molecule has 0 saturated heterocycles. The number of aryl methyl sites for hydroxylation is 1. The molecule has 2 aromatic heterocycles. The number of aromatic amines is 1. The van der Waals surface area contributed by atoms with E-state index in [2.05, 4.69) is 14.7 Å². The number of ether oxygens (including phenoxy) is 2. The average molecular weight is 378 g/mol. The van der Waals surface area contributed by atoms with Gasteiger partial charge in [-0.15, -0.1) is 11.3 Å². The fraction of sp³-hybridized carbons (Fsp3) is 0.222. The molecule has 0 saturated carbocycles. The number of H-pyrrole nitrogens is 1. The number of alkyl halides is 2. The van der Waals surface area contributed by atoms with Crippen molar-refractivity contribution in [2.24, 2.45) is 0 Å². The number of halogens is 2. The van der Waals surface area contributed by atoms with Gasteiger partial charge in [-0.1, -0.05) is 12.1 Å². The van der Waals surface area contributed by atoms with Crippen LogP contribution in [0.2, 0.25) is 0 Å². The minimum absolute atomic E-state index is 0.0268. The monoisotopic (exact) mass is 378 g/mol. The molecule has 0 unspecified atom stereocenters. The topological polar surface area (TPSA) is 64.2 Å². The van der Waals surface area contributed by atoms with Crippen molar-refractivity contribution in [3.05, 3.63) is 50.9 Å². The first kappa shape index (κ1) is 18.1. The van der Waals surface area contributed by atoms with Gasteiger partial charge in [0.1, 0.15) is 10.7 Å². The van der Waals surface area contributed by atoms with Crippen LogP contribution < -0.4 is 15.0 Å². The lowest BCUT2D eigenvalue weighted by Crippen LogP contribution is -2.09. The first-order valence-corrected chi connectivity index (χ1v) is 8.73. The Bertz CT molecular complexity index is 1010. The second-order valence-electron chi connectivity index (χ2n) is 5.40. The molecule has 0 aliphatic rings. The maximum atomic E-state index is 12.4. The van der Waals surface area contributed by atoms with Crippen molar-refractivity contribution in [1.29, 1.82) is 0 Å². The summed E-state index contributed by atoms with van der Waals surface area (Å²) < 4.78 is 34.7. The summed E-state index contributed by atoms with van der Waals surface area (Å²) >= 11 is 1.41. The average Bonchev–Trinajstić information content (AvgIpc) is 2.96. The van der Waals surface area contributed by atoms with Crippen LogP contribution in [0.15, 0.2) is 28.4 Å². The number of thiophene rings is 1. The van der Waals surface area contributed by atoms with E-state index in [4.69, 9.17) is 4.74 Å². The Labute approximate surface area is 151 Å². The van der Waals surface area contributed by atoms with Gasteiger partial charge in [-0.3, -0.25) is 4.79 Å². The van der Waals surface area contributed by atoms with Gasteiger partial charge in [0.15, 0.2) is 11.5 Å². The predicted molar refractivity (Wildman–Crippen MR) is 98.1 cm³/mol. The zero-order valence-corrected chi connectivity index (χ0v) is 14.9. The number of hydrogen-bond donors (Lipinski definition) is 1. The standard InChI is InChI=1S/C18H16F2N2O3S/c1-3-24-13-8-11(4-6-12(13)25-18(19)20)5-7-14-21-16(23)15-10(2)9-26-17(15)22-14/h4-9,18H,3H2,1-2H3,(H,21,22,23)/b7-5+. The Morgan fingerprint density at radius 3 is 2.85 bits per heavy atom. The highest BCUT2D eigenvalue weighted by Gasteiger charge is 2.11. The number of nitrogens with one attached hydrogen (secondary N) is 1. The maximum absolute atomic E-state index is 12.4. The molecule has 3 rings (SSSR count). The Hall–Kier alpha value is -2.74. The molecule has 0 aliphatic heterocycles. The fourth-order valence-electron chi connectivity index (χ4n) is 2.45. The van der Waals surface area contributed by atoms with Gasteiger partial charge in [-0.2, -0.15) is 8.78 Å². The number of hydrogen-bond acceptors (Lipinski definition) is 5. The highest BCUT2D eigenvalue weighted by Crippen LogP contribution is 2.30. The van der Waals surface area contributed by atoms with Crippen molar-refractivity contribution >= 4 is 33.7 Å². The van der Waals surface area contributed by atoms with Gasteiger partial charge < -0.3 is 14.5 Å². The third-order valence-electron chi connectivity index (χ3n) is 3.56. The van der Waals surface area contributed by atoms with Crippen molar-refractivity contribution in [2.75, 3.05) is 6.61 Å². The summed E-state index contributed by atoms with van der Waals surface area (Å²) in [6.45, 7) is 1.01. The maximum Gasteiger partial charge on any atom is 0.387 e. The lowest BCUT2D eigenvalue weighted by Gasteiger charge is -2.11. The summed E-state index contributed by atoms with van der Waals surface area (Å²) in [7, 11) is 0. The molecule has 0 amide bonds. The molecule has 1 aromatic carbocycles. The van der Waals surface area contributed by atoms with Crippen molar-refractivity contribution in [3.63, 3.8) is 0 Å². The van der Waals surface area contributed by atoms with E-state index < -0.39 is 6.61 Å². The van der Waals surface area contributed by atoms with E-state index in [1.54, 1.807) is 31.2 Å². The predicted octanol–water partition coefficient (Wildman–Crippen LogP) is 4.46. The Morgan fingerprint density at radius 1 is 1.31 bits per heavy atom. The molecule has 26 heavy (non-hydrogen) atoms. The lowest BCUT2D eigenvalue weighted by atomic mass is 10.2. The van der Waals surface area contributed by atoms with E-state index in [0.717, 1.165) is 5.56 Å². The van der Waals surface area contributed by atoms with Crippen LogP contribution in [-0.4, -0.2) is 23.2 Å². The van der Waals surface area contributed by atoms with Crippen LogP contribution in [0.3, 0.4) is 0 Å². The second kappa shape index (κ2) is 7.65. The normalized spacial score (nSPS) is 11.6. The largest absolute Gasteiger partial charge is 0.490 e. The van der Waals surface area contributed by atoms with Gasteiger partial charge >= 0.3 is 6.61 Å². The molecule has 0 spiro atoms. The molecule has 1 N–H and O–H groups in total. The summed E-state index contributed by atoms with van der Waals surface area (Å²) in [6, 6.07) is 4.62. The van der Waals surface area contributed by atoms with Crippen LogP contribution in [0.4, 0.5) is 8.78 Å². The summed E-state index contributed by atoms with van der Waals surface area (Å²) in [4.78, 5) is 19.9. The quantitative estimate of drug-likeness (QED) is 0.688. The molecule has 0 fully saturated rings. The third kappa shape index (κ3) is 3.91. The first-order chi connectivity index (χ1) is 12.5. The number of rotatable bonds is 6. The van der Waals surface area contributed by atoms with Crippen LogP contribution in [0.1, 0.15) is 23.9 Å². The number of fused-ring (bicyclic) bond motifs is 1. The Balaban J connectivity index is 1.90. The van der Waals surface area contributed by atoms with Crippen molar-refractivity contribution in [1.82, 2.24) is 9.97 Å². The van der Waals surface area contributed by atoms with Gasteiger partial charge in [0.2, 0.25) is 0 Å². The van der Waals surface area contributed by atoms with Crippen molar-refractivity contribution in [2.45, 2.75) is 20.5 Å². The van der Waals surface area contributed by atoms with Crippen LogP contribution in [0.5, 0.6) is 11.5 Å². The Morgan fingerprint density at radius 2 is 2.12 bits per heavy atom. The summed E-state index contributed by atoms with van der Waals surface area (Å²) in [5.74, 6) is 0.608. The molecule has 5 nitrogen and oxygen atoms in total. The molecular weight excluding hydrogens is 362 g/mol. The molecule has 2 heterocycles. The van der Waals surface area contributed by atoms with E-state index in [0.29, 0.717) is 28.2 Å². The van der Waals surface area contributed by atoms with Crippen molar-refractivity contribution < 1.29 is 18.3 Å². The number of aromatic nitrogens is 2. The SMILES string of the molecule is CCOc1cc(/C=C/c2nc3scc(C)c3c(=O)[nH]2)ccc1OC(F)F. The van der Waals surface area contributed by atoms with E-state index >= 15 is 0 Å². The smallest absolute Gasteiger partial charge is 0.387 e. The molecular formula is C18H16F2N2O3S. The fourth-order valence-corrected chi connectivity index (χ4v) is 3.38. The van der Waals surface area contributed by atoms with Gasteiger partial charge in [-0.05, 0) is 48.6 Å².